The first-order valence-electron chi connectivity index (χ1n) is 6.45. The Hall–Kier alpha value is -1.32. The van der Waals surface area contributed by atoms with Crippen LogP contribution in [0.1, 0.15) is 34.2 Å². The van der Waals surface area contributed by atoms with Crippen LogP contribution in [0.4, 0.5) is 0 Å². The van der Waals surface area contributed by atoms with Gasteiger partial charge in [0.1, 0.15) is 0 Å². The molecule has 0 amide bonds. The Morgan fingerprint density at radius 1 is 1.30 bits per heavy atom. The van der Waals surface area contributed by atoms with Crippen molar-refractivity contribution < 1.29 is 4.79 Å². The van der Waals surface area contributed by atoms with Gasteiger partial charge in [0.05, 0.1) is 22.8 Å². The van der Waals surface area contributed by atoms with Crippen LogP contribution in [-0.2, 0) is 13.0 Å². The van der Waals surface area contributed by atoms with Crippen LogP contribution < -0.4 is 0 Å². The van der Waals surface area contributed by atoms with Crippen LogP contribution in [0, 0.1) is 13.8 Å². The number of nitrogens with zero attached hydrogens (tertiary/aromatic N) is 2. The molecule has 2 rings (SSSR count). The average Bonchev–Trinajstić information content (AvgIpc) is 2.69. The Morgan fingerprint density at radius 3 is 2.65 bits per heavy atom. The molecular formula is C15H16Cl2N2O. The van der Waals surface area contributed by atoms with Crippen LogP contribution in [0.15, 0.2) is 18.2 Å². The van der Waals surface area contributed by atoms with Crippen molar-refractivity contribution >= 4 is 29.0 Å². The summed E-state index contributed by atoms with van der Waals surface area (Å²) in [5, 5.41) is 5.45. The molecule has 0 spiro atoms. The number of carbonyl (C=O) groups is 1. The van der Waals surface area contributed by atoms with Gasteiger partial charge in [-0.3, -0.25) is 9.48 Å². The van der Waals surface area contributed by atoms with E-state index < -0.39 is 0 Å². The summed E-state index contributed by atoms with van der Waals surface area (Å²) in [7, 11) is 0. The average molecular weight is 311 g/mol. The van der Waals surface area contributed by atoms with Gasteiger partial charge in [0, 0.05) is 17.1 Å². The Bertz CT molecular complexity index is 662. The van der Waals surface area contributed by atoms with Crippen molar-refractivity contribution in [3.8, 4) is 0 Å². The standard InChI is InChI=1S/C15H16Cl2N2O/c1-4-19-13(15(17)10(3)18-19)8-14(20)12-7-11(16)6-5-9(12)2/h5-7H,4,8H2,1-3H3. The zero-order valence-corrected chi connectivity index (χ0v) is 13.2. The fourth-order valence-corrected chi connectivity index (χ4v) is 2.55. The summed E-state index contributed by atoms with van der Waals surface area (Å²) in [5.74, 6) is 0.00139. The molecule has 0 N–H and O–H groups in total. The summed E-state index contributed by atoms with van der Waals surface area (Å²) < 4.78 is 1.77. The van der Waals surface area contributed by atoms with Crippen molar-refractivity contribution in [2.75, 3.05) is 0 Å². The molecule has 0 aliphatic heterocycles. The fourth-order valence-electron chi connectivity index (χ4n) is 2.18. The minimum atomic E-state index is 0.00139. The van der Waals surface area contributed by atoms with Crippen molar-refractivity contribution in [3.63, 3.8) is 0 Å². The highest BCUT2D eigenvalue weighted by Gasteiger charge is 2.18. The van der Waals surface area contributed by atoms with Gasteiger partial charge in [-0.05, 0) is 38.5 Å². The first-order valence-corrected chi connectivity index (χ1v) is 7.20. The summed E-state index contributed by atoms with van der Waals surface area (Å²) in [6.07, 6.45) is 0.231. The first kappa shape index (κ1) is 15.1. The Balaban J connectivity index is 2.35. The second-order valence-electron chi connectivity index (χ2n) is 4.72. The van der Waals surface area contributed by atoms with E-state index in [1.165, 1.54) is 0 Å². The third-order valence-electron chi connectivity index (χ3n) is 3.28. The molecule has 2 aromatic rings. The molecule has 0 saturated heterocycles. The number of rotatable bonds is 4. The number of aryl methyl sites for hydroxylation is 3. The maximum absolute atomic E-state index is 12.5. The van der Waals surface area contributed by atoms with Crippen molar-refractivity contribution in [1.82, 2.24) is 9.78 Å². The smallest absolute Gasteiger partial charge is 0.169 e. The lowest BCUT2D eigenvalue weighted by Gasteiger charge is -2.07. The molecule has 106 valence electrons. The zero-order valence-electron chi connectivity index (χ0n) is 11.7. The summed E-state index contributed by atoms with van der Waals surface area (Å²) in [6.45, 7) is 6.40. The molecule has 1 heterocycles. The van der Waals surface area contributed by atoms with Gasteiger partial charge in [-0.25, -0.2) is 0 Å². The van der Waals surface area contributed by atoms with E-state index in [1.54, 1.807) is 16.8 Å². The van der Waals surface area contributed by atoms with E-state index in [2.05, 4.69) is 5.10 Å². The maximum Gasteiger partial charge on any atom is 0.169 e. The van der Waals surface area contributed by atoms with E-state index in [4.69, 9.17) is 23.2 Å². The van der Waals surface area contributed by atoms with E-state index in [0.29, 0.717) is 22.2 Å². The van der Waals surface area contributed by atoms with Gasteiger partial charge in [-0.1, -0.05) is 29.3 Å². The number of carbonyl (C=O) groups excluding carboxylic acids is 1. The van der Waals surface area contributed by atoms with Gasteiger partial charge in [0.15, 0.2) is 5.78 Å². The molecule has 3 nitrogen and oxygen atoms in total. The minimum absolute atomic E-state index is 0.00139. The van der Waals surface area contributed by atoms with Gasteiger partial charge in [0.2, 0.25) is 0 Å². The number of Topliss-reactive ketones (excluding diaryl/α,β-unsaturated/α-hetero) is 1. The highest BCUT2D eigenvalue weighted by molar-refractivity contribution is 6.32. The number of hydrogen-bond acceptors (Lipinski definition) is 2. The third-order valence-corrected chi connectivity index (χ3v) is 4.01. The number of halogens is 2. The number of hydrogen-bond donors (Lipinski definition) is 0. The van der Waals surface area contributed by atoms with E-state index >= 15 is 0 Å². The molecule has 0 aliphatic rings. The van der Waals surface area contributed by atoms with Crippen molar-refractivity contribution in [2.24, 2.45) is 0 Å². The summed E-state index contributed by atoms with van der Waals surface area (Å²) in [4.78, 5) is 12.5. The van der Waals surface area contributed by atoms with Gasteiger partial charge >= 0.3 is 0 Å². The zero-order chi connectivity index (χ0) is 14.9. The van der Waals surface area contributed by atoms with Crippen molar-refractivity contribution in [3.05, 3.63) is 50.8 Å². The minimum Gasteiger partial charge on any atom is -0.294 e. The lowest BCUT2D eigenvalue weighted by atomic mass is 10.0. The molecule has 0 atom stereocenters. The molecule has 0 saturated carbocycles. The van der Waals surface area contributed by atoms with Gasteiger partial charge in [-0.2, -0.15) is 5.10 Å². The van der Waals surface area contributed by atoms with Crippen LogP contribution in [-0.4, -0.2) is 15.6 Å². The second-order valence-corrected chi connectivity index (χ2v) is 5.54. The molecule has 1 aromatic heterocycles. The quantitative estimate of drug-likeness (QED) is 0.791. The van der Waals surface area contributed by atoms with E-state index in [0.717, 1.165) is 17.0 Å². The fraction of sp³-hybridized carbons (Fsp3) is 0.333. The molecule has 5 heteroatoms. The normalized spacial score (nSPS) is 10.8. The Kier molecular flexibility index (Phi) is 4.51. The molecular weight excluding hydrogens is 295 g/mol. The van der Waals surface area contributed by atoms with E-state index in [9.17, 15) is 4.79 Å². The molecule has 0 aliphatic carbocycles. The summed E-state index contributed by atoms with van der Waals surface area (Å²) >= 11 is 12.2. The monoisotopic (exact) mass is 310 g/mol. The lowest BCUT2D eigenvalue weighted by molar-refractivity contribution is 0.0990. The highest BCUT2D eigenvalue weighted by atomic mass is 35.5. The summed E-state index contributed by atoms with van der Waals surface area (Å²) in [6, 6.07) is 5.33. The molecule has 0 radical (unpaired) electrons. The van der Waals surface area contributed by atoms with Crippen LogP contribution in [0.5, 0.6) is 0 Å². The largest absolute Gasteiger partial charge is 0.294 e. The van der Waals surface area contributed by atoms with Gasteiger partial charge in [-0.15, -0.1) is 0 Å². The Morgan fingerprint density at radius 2 is 2.00 bits per heavy atom. The topological polar surface area (TPSA) is 34.9 Å². The molecule has 0 unspecified atom stereocenters. The van der Waals surface area contributed by atoms with Gasteiger partial charge < -0.3 is 0 Å². The number of benzene rings is 1. The van der Waals surface area contributed by atoms with Gasteiger partial charge in [0.25, 0.3) is 0 Å². The SMILES string of the molecule is CCn1nc(C)c(Cl)c1CC(=O)c1cc(Cl)ccc1C. The van der Waals surface area contributed by atoms with E-state index in [1.807, 2.05) is 26.8 Å². The second kappa shape index (κ2) is 5.98. The highest BCUT2D eigenvalue weighted by Crippen LogP contribution is 2.23. The third kappa shape index (κ3) is 2.89. The Labute approximate surface area is 128 Å². The molecule has 0 bridgehead atoms. The lowest BCUT2D eigenvalue weighted by Crippen LogP contribution is -2.11. The van der Waals surface area contributed by atoms with E-state index in [-0.39, 0.29) is 12.2 Å². The van der Waals surface area contributed by atoms with Crippen LogP contribution in [0.25, 0.3) is 0 Å². The predicted octanol–water partition coefficient (Wildman–Crippen LogP) is 4.25. The van der Waals surface area contributed by atoms with Crippen LogP contribution >= 0.6 is 23.2 Å². The molecule has 20 heavy (non-hydrogen) atoms. The van der Waals surface area contributed by atoms with Crippen molar-refractivity contribution in [2.45, 2.75) is 33.7 Å². The number of aromatic nitrogens is 2. The first-order chi connectivity index (χ1) is 9.43. The molecule has 1 aromatic carbocycles. The van der Waals surface area contributed by atoms with Crippen LogP contribution in [0.2, 0.25) is 10.0 Å². The van der Waals surface area contributed by atoms with Crippen LogP contribution in [0.3, 0.4) is 0 Å². The predicted molar refractivity (Wildman–Crippen MR) is 81.9 cm³/mol. The maximum atomic E-state index is 12.5. The summed E-state index contributed by atoms with van der Waals surface area (Å²) in [5.41, 5.74) is 3.06. The molecule has 0 fully saturated rings. The number of ketones is 1. The van der Waals surface area contributed by atoms with Crippen molar-refractivity contribution in [1.29, 1.82) is 0 Å².